The molecule has 0 atom stereocenters. The van der Waals surface area contributed by atoms with E-state index in [0.29, 0.717) is 17.9 Å². The van der Waals surface area contributed by atoms with Gasteiger partial charge in [-0.05, 0) is 36.8 Å². The minimum absolute atomic E-state index is 0.291. The van der Waals surface area contributed by atoms with Crippen LogP contribution < -0.4 is 10.4 Å². The molecule has 4 rings (SSSR count). The maximum absolute atomic E-state index is 11.5. The van der Waals surface area contributed by atoms with Crippen molar-refractivity contribution in [2.75, 3.05) is 0 Å². The summed E-state index contributed by atoms with van der Waals surface area (Å²) >= 11 is 0. The van der Waals surface area contributed by atoms with E-state index in [9.17, 15) is 4.79 Å². The number of benzene rings is 2. The number of fused-ring (bicyclic) bond motifs is 2. The van der Waals surface area contributed by atoms with Gasteiger partial charge in [-0.25, -0.2) is 9.78 Å². The highest BCUT2D eigenvalue weighted by atomic mass is 16.5. The zero-order valence-electron chi connectivity index (χ0n) is 13.0. The van der Waals surface area contributed by atoms with Crippen molar-refractivity contribution in [3.63, 3.8) is 0 Å². The van der Waals surface area contributed by atoms with Crippen molar-refractivity contribution in [1.82, 2.24) is 9.97 Å². The van der Waals surface area contributed by atoms with Crippen LogP contribution >= 0.6 is 0 Å². The third kappa shape index (κ3) is 2.72. The molecule has 2 heterocycles. The first kappa shape index (κ1) is 14.4. The molecular weight excluding hydrogens is 304 g/mol. The normalized spacial score (nSPS) is 11.0. The van der Waals surface area contributed by atoms with E-state index in [1.54, 1.807) is 12.3 Å². The van der Waals surface area contributed by atoms with Gasteiger partial charge in [-0.15, -0.1) is 0 Å². The van der Waals surface area contributed by atoms with E-state index < -0.39 is 0 Å². The van der Waals surface area contributed by atoms with E-state index in [2.05, 4.69) is 9.97 Å². The summed E-state index contributed by atoms with van der Waals surface area (Å²) in [7, 11) is 0. The van der Waals surface area contributed by atoms with Gasteiger partial charge in [-0.2, -0.15) is 0 Å². The summed E-state index contributed by atoms with van der Waals surface area (Å²) in [6.45, 7) is 2.17. The van der Waals surface area contributed by atoms with Gasteiger partial charge in [0.25, 0.3) is 0 Å². The lowest BCUT2D eigenvalue weighted by Gasteiger charge is -2.07. The van der Waals surface area contributed by atoms with Crippen LogP contribution in [0.25, 0.3) is 22.0 Å². The standard InChI is InChI=1S/C19H14N2O3/c1-12-8-19(22)24-18-9-14(6-7-15(12)18)23-11-13-10-20-16-4-2-3-5-17(16)21-13/h2-10H,11H2,1H3. The van der Waals surface area contributed by atoms with E-state index >= 15 is 0 Å². The van der Waals surface area contributed by atoms with Gasteiger partial charge in [0.05, 0.1) is 22.9 Å². The smallest absolute Gasteiger partial charge is 0.336 e. The van der Waals surface area contributed by atoms with Gasteiger partial charge in [-0.3, -0.25) is 4.98 Å². The molecule has 0 aliphatic heterocycles. The molecule has 0 saturated heterocycles. The molecule has 118 valence electrons. The Bertz CT molecular complexity index is 1100. The fourth-order valence-electron chi connectivity index (χ4n) is 2.62. The van der Waals surface area contributed by atoms with E-state index in [1.807, 2.05) is 43.3 Å². The number of hydrogen-bond acceptors (Lipinski definition) is 5. The number of para-hydroxylation sites is 2. The largest absolute Gasteiger partial charge is 0.487 e. The van der Waals surface area contributed by atoms with Crippen molar-refractivity contribution in [2.45, 2.75) is 13.5 Å². The summed E-state index contributed by atoms with van der Waals surface area (Å²) in [6.07, 6.45) is 1.70. The van der Waals surface area contributed by atoms with Crippen LogP contribution in [0, 0.1) is 6.92 Å². The van der Waals surface area contributed by atoms with Crippen molar-refractivity contribution >= 4 is 22.0 Å². The maximum Gasteiger partial charge on any atom is 0.336 e. The number of hydrogen-bond donors (Lipinski definition) is 0. The van der Waals surface area contributed by atoms with E-state index in [4.69, 9.17) is 9.15 Å². The second-order valence-electron chi connectivity index (χ2n) is 5.55. The first-order valence-corrected chi connectivity index (χ1v) is 7.57. The van der Waals surface area contributed by atoms with Crippen LogP contribution in [-0.2, 0) is 6.61 Å². The molecule has 0 bridgehead atoms. The molecule has 5 heteroatoms. The van der Waals surface area contributed by atoms with Crippen LogP contribution in [0.3, 0.4) is 0 Å². The van der Waals surface area contributed by atoms with Crippen molar-refractivity contribution in [3.8, 4) is 5.75 Å². The fourth-order valence-corrected chi connectivity index (χ4v) is 2.62. The summed E-state index contributed by atoms with van der Waals surface area (Å²) in [5.41, 5.74) is 3.45. The van der Waals surface area contributed by atoms with E-state index in [1.165, 1.54) is 6.07 Å². The molecule has 0 N–H and O–H groups in total. The lowest BCUT2D eigenvalue weighted by atomic mass is 10.1. The lowest BCUT2D eigenvalue weighted by molar-refractivity contribution is 0.301. The van der Waals surface area contributed by atoms with Crippen LogP contribution in [-0.4, -0.2) is 9.97 Å². The Hall–Kier alpha value is -3.21. The Morgan fingerprint density at radius 3 is 2.79 bits per heavy atom. The Morgan fingerprint density at radius 1 is 1.08 bits per heavy atom. The first-order valence-electron chi connectivity index (χ1n) is 7.57. The average Bonchev–Trinajstić information content (AvgIpc) is 2.59. The SMILES string of the molecule is Cc1cc(=O)oc2cc(OCc3cnc4ccccc4n3)ccc12. The fraction of sp³-hybridized carbons (Fsp3) is 0.105. The second-order valence-corrected chi connectivity index (χ2v) is 5.55. The molecule has 0 amide bonds. The van der Waals surface area contributed by atoms with Crippen LogP contribution in [0.1, 0.15) is 11.3 Å². The minimum Gasteiger partial charge on any atom is -0.487 e. The molecule has 0 spiro atoms. The number of aromatic nitrogens is 2. The highest BCUT2D eigenvalue weighted by Crippen LogP contribution is 2.22. The van der Waals surface area contributed by atoms with Crippen molar-refractivity contribution in [3.05, 3.63) is 76.4 Å². The van der Waals surface area contributed by atoms with E-state index in [0.717, 1.165) is 27.7 Å². The molecule has 0 aliphatic rings. The Labute approximate surface area is 137 Å². The third-order valence-electron chi connectivity index (χ3n) is 3.81. The van der Waals surface area contributed by atoms with Crippen molar-refractivity contribution < 1.29 is 9.15 Å². The quantitative estimate of drug-likeness (QED) is 0.540. The monoisotopic (exact) mass is 318 g/mol. The number of ether oxygens (including phenoxy) is 1. The Morgan fingerprint density at radius 2 is 1.92 bits per heavy atom. The summed E-state index contributed by atoms with van der Waals surface area (Å²) in [5.74, 6) is 0.617. The van der Waals surface area contributed by atoms with Gasteiger partial charge < -0.3 is 9.15 Å². The molecule has 0 unspecified atom stereocenters. The summed E-state index contributed by atoms with van der Waals surface area (Å²) in [5, 5.41) is 0.896. The Balaban J connectivity index is 1.60. The molecule has 2 aromatic heterocycles. The molecule has 24 heavy (non-hydrogen) atoms. The molecule has 0 fully saturated rings. The summed E-state index contributed by atoms with van der Waals surface area (Å²) in [4.78, 5) is 20.4. The predicted molar refractivity (Wildman–Crippen MR) is 91.1 cm³/mol. The van der Waals surface area contributed by atoms with Crippen molar-refractivity contribution in [2.24, 2.45) is 0 Å². The van der Waals surface area contributed by atoms with Gasteiger partial charge in [0.2, 0.25) is 0 Å². The van der Waals surface area contributed by atoms with Crippen molar-refractivity contribution in [1.29, 1.82) is 0 Å². The van der Waals surface area contributed by atoms with Crippen LogP contribution in [0.5, 0.6) is 5.75 Å². The molecular formula is C19H14N2O3. The predicted octanol–water partition coefficient (Wildman–Crippen LogP) is 3.62. The third-order valence-corrected chi connectivity index (χ3v) is 3.81. The summed E-state index contributed by atoms with van der Waals surface area (Å²) in [6, 6.07) is 14.6. The second kappa shape index (κ2) is 5.77. The molecule has 0 radical (unpaired) electrons. The van der Waals surface area contributed by atoms with Crippen LogP contribution in [0.4, 0.5) is 0 Å². The molecule has 4 aromatic rings. The highest BCUT2D eigenvalue weighted by Gasteiger charge is 2.05. The molecule has 0 saturated carbocycles. The molecule has 5 nitrogen and oxygen atoms in total. The molecule has 0 aliphatic carbocycles. The van der Waals surface area contributed by atoms with Crippen LogP contribution in [0.15, 0.2) is 63.9 Å². The van der Waals surface area contributed by atoms with Gasteiger partial charge in [0.15, 0.2) is 0 Å². The number of rotatable bonds is 3. The number of nitrogens with zero attached hydrogens (tertiary/aromatic N) is 2. The number of aryl methyl sites for hydroxylation is 1. The maximum atomic E-state index is 11.5. The van der Waals surface area contributed by atoms with Gasteiger partial charge in [0, 0.05) is 17.5 Å². The van der Waals surface area contributed by atoms with Gasteiger partial charge in [0.1, 0.15) is 17.9 Å². The van der Waals surface area contributed by atoms with Gasteiger partial charge >= 0.3 is 5.63 Å². The Kier molecular flexibility index (Phi) is 3.46. The highest BCUT2D eigenvalue weighted by molar-refractivity contribution is 5.81. The zero-order chi connectivity index (χ0) is 16.5. The lowest BCUT2D eigenvalue weighted by Crippen LogP contribution is -2.01. The zero-order valence-corrected chi connectivity index (χ0v) is 13.0. The first-order chi connectivity index (χ1) is 11.7. The topological polar surface area (TPSA) is 65.2 Å². The minimum atomic E-state index is -0.363. The van der Waals surface area contributed by atoms with E-state index in [-0.39, 0.29) is 5.63 Å². The average molecular weight is 318 g/mol. The van der Waals surface area contributed by atoms with Gasteiger partial charge in [-0.1, -0.05) is 12.1 Å². The van der Waals surface area contributed by atoms with Crippen LogP contribution in [0.2, 0.25) is 0 Å². The molecule has 2 aromatic carbocycles. The summed E-state index contributed by atoms with van der Waals surface area (Å²) < 4.78 is 11.0.